The highest BCUT2D eigenvalue weighted by Crippen LogP contribution is 2.46. The molecule has 42 heavy (non-hydrogen) atoms. The number of methoxy groups -OCH3 is 1. The Kier molecular flexibility index (Phi) is 7.34. The van der Waals surface area contributed by atoms with E-state index >= 15 is 0 Å². The number of oxazole rings is 1. The van der Waals surface area contributed by atoms with E-state index in [1.807, 2.05) is 24.3 Å². The summed E-state index contributed by atoms with van der Waals surface area (Å²) in [5.41, 5.74) is -1.82. The third-order valence-corrected chi connectivity index (χ3v) is 10.4. The molecule has 0 saturated heterocycles. The van der Waals surface area contributed by atoms with Crippen LogP contribution in [-0.2, 0) is 21.6 Å². The third kappa shape index (κ3) is 4.68. The number of ether oxygens (including phenoxy) is 2. The predicted molar refractivity (Wildman–Crippen MR) is 158 cm³/mol. The fourth-order valence-electron chi connectivity index (χ4n) is 6.80. The number of benzene rings is 1. The van der Waals surface area contributed by atoms with E-state index in [1.165, 1.54) is 61.5 Å². The molecule has 0 radical (unpaired) electrons. The molecule has 4 aromatic rings. The van der Waals surface area contributed by atoms with Gasteiger partial charge in [0.05, 0.1) is 36.2 Å². The number of aliphatic carboxylic acids is 1. The largest absolute Gasteiger partial charge is 0.496 e. The molecule has 3 atom stereocenters. The number of carboxylic acid groups (broad SMARTS) is 1. The highest BCUT2D eigenvalue weighted by atomic mass is 32.1. The Morgan fingerprint density at radius 1 is 1.21 bits per heavy atom. The van der Waals surface area contributed by atoms with Crippen molar-refractivity contribution >= 4 is 27.5 Å². The molecule has 3 aromatic heterocycles. The average molecular weight is 594 g/mol. The van der Waals surface area contributed by atoms with Crippen molar-refractivity contribution in [3.63, 3.8) is 0 Å². The van der Waals surface area contributed by atoms with Gasteiger partial charge in [-0.15, -0.1) is 11.3 Å². The number of rotatable bonds is 9. The van der Waals surface area contributed by atoms with Crippen LogP contribution >= 0.6 is 11.3 Å². The topological polar surface area (TPSA) is 126 Å². The van der Waals surface area contributed by atoms with E-state index in [4.69, 9.17) is 13.9 Å². The van der Waals surface area contributed by atoms with E-state index in [9.17, 15) is 19.5 Å². The molecule has 10 nitrogen and oxygen atoms in total. The van der Waals surface area contributed by atoms with Crippen LogP contribution in [0.4, 0.5) is 0 Å². The van der Waals surface area contributed by atoms with Crippen LogP contribution < -0.4 is 16.0 Å². The molecule has 2 fully saturated rings. The molecule has 0 unspecified atom stereocenters. The zero-order valence-corrected chi connectivity index (χ0v) is 25.0. The van der Waals surface area contributed by atoms with Gasteiger partial charge < -0.3 is 19.0 Å². The molecule has 2 saturated carbocycles. The van der Waals surface area contributed by atoms with E-state index in [0.717, 1.165) is 23.0 Å². The second-order valence-corrected chi connectivity index (χ2v) is 12.9. The van der Waals surface area contributed by atoms with E-state index in [2.05, 4.69) is 4.98 Å². The first-order valence-corrected chi connectivity index (χ1v) is 15.1. The molecule has 2 aliphatic carbocycles. The van der Waals surface area contributed by atoms with Crippen LogP contribution in [0.1, 0.15) is 63.2 Å². The molecule has 1 aromatic carbocycles. The van der Waals surface area contributed by atoms with E-state index in [1.54, 1.807) is 14.0 Å². The smallest absolute Gasteiger partial charge is 0.333 e. The van der Waals surface area contributed by atoms with E-state index in [0.29, 0.717) is 38.7 Å². The van der Waals surface area contributed by atoms with Crippen molar-refractivity contribution in [1.29, 1.82) is 0 Å². The van der Waals surface area contributed by atoms with Crippen molar-refractivity contribution in [2.24, 2.45) is 11.8 Å². The van der Waals surface area contributed by atoms with Crippen LogP contribution in [0.15, 0.2) is 50.7 Å². The van der Waals surface area contributed by atoms with E-state index in [-0.39, 0.29) is 18.0 Å². The van der Waals surface area contributed by atoms with Crippen molar-refractivity contribution in [3.8, 4) is 16.5 Å². The third-order valence-electron chi connectivity index (χ3n) is 9.06. The molecule has 11 heteroatoms. The maximum atomic E-state index is 14.2. The lowest BCUT2D eigenvalue weighted by Crippen LogP contribution is -2.52. The average Bonchev–Trinajstić information content (AvgIpc) is 3.75. The Morgan fingerprint density at radius 2 is 1.93 bits per heavy atom. The summed E-state index contributed by atoms with van der Waals surface area (Å²) in [6.45, 7) is 4.54. The number of hydrogen-bond acceptors (Lipinski definition) is 8. The molecule has 1 N–H and O–H groups in total. The Balaban J connectivity index is 1.54. The van der Waals surface area contributed by atoms with Crippen LogP contribution in [0.3, 0.4) is 0 Å². The van der Waals surface area contributed by atoms with Crippen molar-refractivity contribution in [2.75, 3.05) is 7.11 Å². The Hall–Kier alpha value is -3.70. The van der Waals surface area contributed by atoms with Crippen LogP contribution in [-0.4, -0.2) is 38.4 Å². The fourth-order valence-corrected chi connectivity index (χ4v) is 8.04. The highest BCUT2D eigenvalue weighted by Gasteiger charge is 2.40. The molecule has 2 aliphatic rings. The van der Waals surface area contributed by atoms with Gasteiger partial charge in [-0.3, -0.25) is 9.36 Å². The minimum atomic E-state index is -1.80. The Labute approximate surface area is 246 Å². The van der Waals surface area contributed by atoms with Gasteiger partial charge in [-0.1, -0.05) is 37.5 Å². The molecule has 6 rings (SSSR count). The van der Waals surface area contributed by atoms with Crippen LogP contribution in [0.5, 0.6) is 5.75 Å². The van der Waals surface area contributed by atoms with Gasteiger partial charge in [-0.2, -0.15) is 0 Å². The first-order chi connectivity index (χ1) is 20.1. The molecule has 0 aliphatic heterocycles. The number of thiophene rings is 1. The molecule has 0 bridgehead atoms. The van der Waals surface area contributed by atoms with Gasteiger partial charge >= 0.3 is 11.7 Å². The van der Waals surface area contributed by atoms with Crippen molar-refractivity contribution in [2.45, 2.75) is 77.2 Å². The fraction of sp³-hybridized carbons (Fsp3) is 0.484. The Bertz CT molecular complexity index is 1740. The monoisotopic (exact) mass is 593 g/mol. The number of carbonyl (C=O) groups is 1. The first kappa shape index (κ1) is 28.4. The number of para-hydroxylation sites is 1. The molecule has 0 spiro atoms. The van der Waals surface area contributed by atoms with Gasteiger partial charge in [0.25, 0.3) is 5.56 Å². The second kappa shape index (κ2) is 10.9. The molecular weight excluding hydrogens is 558 g/mol. The summed E-state index contributed by atoms with van der Waals surface area (Å²) in [5, 5.41) is 10.3. The van der Waals surface area contributed by atoms with Gasteiger partial charge in [-0.25, -0.2) is 19.1 Å². The lowest BCUT2D eigenvalue weighted by atomic mass is 10.0. The Morgan fingerprint density at radius 3 is 2.57 bits per heavy atom. The summed E-state index contributed by atoms with van der Waals surface area (Å²) in [5.74, 6) is 0.982. The maximum Gasteiger partial charge on any atom is 0.333 e. The van der Waals surface area contributed by atoms with Crippen LogP contribution in [0.2, 0.25) is 0 Å². The predicted octanol–water partition coefficient (Wildman–Crippen LogP) is 5.35. The lowest BCUT2D eigenvalue weighted by Gasteiger charge is -2.27. The molecule has 3 heterocycles. The number of hydrogen-bond donors (Lipinski definition) is 1. The normalized spacial score (nSPS) is 19.8. The second-order valence-electron chi connectivity index (χ2n) is 11.9. The van der Waals surface area contributed by atoms with Crippen LogP contribution in [0, 0.1) is 18.8 Å². The summed E-state index contributed by atoms with van der Waals surface area (Å²) in [6.07, 6.45) is 8.04. The summed E-state index contributed by atoms with van der Waals surface area (Å²) >= 11 is 1.23. The first-order valence-electron chi connectivity index (χ1n) is 14.3. The van der Waals surface area contributed by atoms with Crippen molar-refractivity contribution in [1.82, 2.24) is 14.1 Å². The minimum absolute atomic E-state index is 0.0238. The number of carboxylic acids is 1. The van der Waals surface area contributed by atoms with Gasteiger partial charge in [0, 0.05) is 5.56 Å². The summed E-state index contributed by atoms with van der Waals surface area (Å²) in [4.78, 5) is 45.7. The zero-order chi connectivity index (χ0) is 29.8. The minimum Gasteiger partial charge on any atom is -0.496 e. The standard InChI is InChI=1S/C31H35N3O7S/c1-17-24-27(35)34(31(2,3)29(36)37)30(38)33(28(24)42-25(17)26-32-12-13-40-26)16-23(21-10-5-6-11-22(21)39-4)41-20-14-18-8-7-9-19(18)15-20/h5-6,10-13,18-20,23H,7-9,14-16H2,1-4H3,(H,36,37)/t18-,19-,23+/m1/s1. The number of fused-ring (bicyclic) bond motifs is 2. The lowest BCUT2D eigenvalue weighted by molar-refractivity contribution is -0.146. The number of aromatic nitrogens is 3. The molecular formula is C31H35N3O7S. The number of aryl methyl sites for hydroxylation is 1. The van der Waals surface area contributed by atoms with Crippen molar-refractivity contribution < 1.29 is 23.8 Å². The zero-order valence-electron chi connectivity index (χ0n) is 24.2. The highest BCUT2D eigenvalue weighted by molar-refractivity contribution is 7.22. The summed E-state index contributed by atoms with van der Waals surface area (Å²) in [6, 6.07) is 7.57. The SMILES string of the molecule is COc1ccccc1[C@H](Cn1c(=O)n(C(C)(C)C(=O)O)c(=O)c2c(C)c(-c3ncco3)sc21)OC1C[C@H]2CCC[C@@H]2C1. The van der Waals surface area contributed by atoms with Gasteiger partial charge in [0.1, 0.15) is 28.5 Å². The van der Waals surface area contributed by atoms with Gasteiger partial charge in [0.15, 0.2) is 0 Å². The van der Waals surface area contributed by atoms with Gasteiger partial charge in [-0.05, 0) is 57.1 Å². The van der Waals surface area contributed by atoms with E-state index < -0.39 is 28.9 Å². The maximum absolute atomic E-state index is 14.2. The van der Waals surface area contributed by atoms with Gasteiger partial charge in [0.2, 0.25) is 5.89 Å². The summed E-state index contributed by atoms with van der Waals surface area (Å²) < 4.78 is 20.4. The quantitative estimate of drug-likeness (QED) is 0.275. The summed E-state index contributed by atoms with van der Waals surface area (Å²) in [7, 11) is 1.60. The molecule has 0 amide bonds. The molecule has 222 valence electrons. The van der Waals surface area contributed by atoms with Crippen LogP contribution in [0.25, 0.3) is 21.0 Å². The van der Waals surface area contributed by atoms with Crippen molar-refractivity contribution in [3.05, 3.63) is 68.7 Å². The number of nitrogens with zero attached hydrogens (tertiary/aromatic N) is 3.